The largest absolute Gasteiger partial charge is 0.319 e. The number of hydrogen-bond donors (Lipinski definition) is 1. The van der Waals surface area contributed by atoms with Gasteiger partial charge in [-0.25, -0.2) is 0 Å². The van der Waals surface area contributed by atoms with Crippen molar-refractivity contribution in [2.45, 2.75) is 6.92 Å². The number of nitrogens with one attached hydrogen (secondary N) is 1. The van der Waals surface area contributed by atoms with Crippen LogP contribution in [0.25, 0.3) is 16.6 Å². The Bertz CT molecular complexity index is 1020. The van der Waals surface area contributed by atoms with Crippen molar-refractivity contribution in [1.82, 2.24) is 25.2 Å². The quantitative estimate of drug-likeness (QED) is 0.622. The number of thiophene rings is 1. The van der Waals surface area contributed by atoms with E-state index >= 15 is 0 Å². The molecule has 118 valence electrons. The maximum Gasteiger partial charge on any atom is 0.268 e. The molecule has 3 heterocycles. The van der Waals surface area contributed by atoms with Crippen molar-refractivity contribution in [3.05, 3.63) is 58.7 Å². The smallest absolute Gasteiger partial charge is 0.268 e. The fourth-order valence-corrected chi connectivity index (χ4v) is 3.22. The van der Waals surface area contributed by atoms with Crippen LogP contribution in [0.2, 0.25) is 0 Å². The highest BCUT2D eigenvalue weighted by Gasteiger charge is 2.17. The molecule has 0 unspecified atom stereocenters. The summed E-state index contributed by atoms with van der Waals surface area (Å²) in [5, 5.41) is 16.8. The van der Waals surface area contributed by atoms with Crippen LogP contribution in [0.5, 0.6) is 0 Å². The number of fused-ring (bicyclic) bond motifs is 1. The number of carbonyl (C=O) groups is 1. The lowest BCUT2D eigenvalue weighted by Crippen LogP contribution is -2.13. The predicted octanol–water partition coefficient (Wildman–Crippen LogP) is 2.83. The van der Waals surface area contributed by atoms with Gasteiger partial charge in [-0.1, -0.05) is 18.2 Å². The lowest BCUT2D eigenvalue weighted by Gasteiger charge is -2.09. The summed E-state index contributed by atoms with van der Waals surface area (Å²) in [6.07, 6.45) is 1.46. The average molecular weight is 336 g/mol. The molecule has 0 bridgehead atoms. The number of nitrogens with zero attached hydrogens (tertiary/aromatic N) is 5. The van der Waals surface area contributed by atoms with Gasteiger partial charge in [0.25, 0.3) is 5.91 Å². The van der Waals surface area contributed by atoms with Crippen LogP contribution in [0.3, 0.4) is 0 Å². The second kappa shape index (κ2) is 5.82. The minimum absolute atomic E-state index is 0.216. The Morgan fingerprint density at radius 1 is 1.21 bits per heavy atom. The van der Waals surface area contributed by atoms with Gasteiger partial charge in [-0.3, -0.25) is 9.78 Å². The lowest BCUT2D eigenvalue weighted by molar-refractivity contribution is 0.103. The molecular formula is C16H12N6OS. The van der Waals surface area contributed by atoms with Gasteiger partial charge in [0.1, 0.15) is 11.2 Å². The van der Waals surface area contributed by atoms with Crippen LogP contribution in [0, 0.1) is 6.92 Å². The number of aryl methyl sites for hydroxylation is 1. The van der Waals surface area contributed by atoms with Crippen molar-refractivity contribution in [3.8, 4) is 5.69 Å². The van der Waals surface area contributed by atoms with Gasteiger partial charge in [0, 0.05) is 11.1 Å². The first kappa shape index (κ1) is 14.5. The summed E-state index contributed by atoms with van der Waals surface area (Å²) in [5.74, 6) is -0.216. The van der Waals surface area contributed by atoms with Gasteiger partial charge < -0.3 is 5.32 Å². The number of anilines is 1. The first-order valence-electron chi connectivity index (χ1n) is 7.21. The molecule has 0 saturated carbocycles. The van der Waals surface area contributed by atoms with Crippen LogP contribution >= 0.6 is 11.3 Å². The summed E-state index contributed by atoms with van der Waals surface area (Å²) >= 11 is 1.33. The number of rotatable bonds is 3. The van der Waals surface area contributed by atoms with E-state index in [0.717, 1.165) is 16.6 Å². The van der Waals surface area contributed by atoms with Crippen molar-refractivity contribution in [1.29, 1.82) is 0 Å². The van der Waals surface area contributed by atoms with Crippen LogP contribution in [0.15, 0.2) is 48.1 Å². The van der Waals surface area contributed by atoms with Crippen LogP contribution in [0.1, 0.15) is 15.4 Å². The minimum atomic E-state index is -0.216. The number of amides is 1. The zero-order valence-electron chi connectivity index (χ0n) is 12.7. The third kappa shape index (κ3) is 2.52. The number of pyridine rings is 1. The number of hydrogen-bond acceptors (Lipinski definition) is 6. The van der Waals surface area contributed by atoms with E-state index in [-0.39, 0.29) is 5.91 Å². The van der Waals surface area contributed by atoms with Crippen LogP contribution in [-0.4, -0.2) is 31.1 Å². The molecule has 3 aromatic heterocycles. The Kier molecular flexibility index (Phi) is 3.51. The van der Waals surface area contributed by atoms with Gasteiger partial charge in [0.2, 0.25) is 0 Å². The third-order valence-corrected chi connectivity index (χ3v) is 4.46. The highest BCUT2D eigenvalue weighted by molar-refractivity contribution is 7.12. The predicted molar refractivity (Wildman–Crippen MR) is 91.5 cm³/mol. The first-order chi connectivity index (χ1) is 11.7. The number of carbonyl (C=O) groups excluding carboxylic acids is 1. The Morgan fingerprint density at radius 3 is 2.96 bits per heavy atom. The molecule has 1 amide bonds. The van der Waals surface area contributed by atoms with E-state index in [1.807, 2.05) is 42.6 Å². The summed E-state index contributed by atoms with van der Waals surface area (Å²) in [7, 11) is 0. The Morgan fingerprint density at radius 2 is 2.12 bits per heavy atom. The molecule has 0 saturated heterocycles. The summed E-state index contributed by atoms with van der Waals surface area (Å²) in [6, 6.07) is 11.5. The Hall–Kier alpha value is -3.13. The van der Waals surface area contributed by atoms with Gasteiger partial charge in [-0.15, -0.1) is 16.4 Å². The monoisotopic (exact) mass is 336 g/mol. The fourth-order valence-electron chi connectivity index (χ4n) is 2.45. The van der Waals surface area contributed by atoms with Crippen molar-refractivity contribution >= 4 is 33.8 Å². The van der Waals surface area contributed by atoms with Gasteiger partial charge >= 0.3 is 0 Å². The van der Waals surface area contributed by atoms with E-state index in [1.54, 1.807) is 6.07 Å². The number of tetrazole rings is 1. The molecule has 0 atom stereocenters. The molecule has 4 aromatic rings. The molecule has 0 radical (unpaired) electrons. The summed E-state index contributed by atoms with van der Waals surface area (Å²) in [4.78, 5) is 17.8. The van der Waals surface area contributed by atoms with Crippen molar-refractivity contribution < 1.29 is 4.79 Å². The van der Waals surface area contributed by atoms with E-state index in [0.29, 0.717) is 16.3 Å². The Balaban J connectivity index is 1.71. The van der Waals surface area contributed by atoms with Crippen LogP contribution < -0.4 is 5.32 Å². The molecule has 7 nitrogen and oxygen atoms in total. The fraction of sp³-hybridized carbons (Fsp3) is 0.0625. The van der Waals surface area contributed by atoms with Gasteiger partial charge in [-0.2, -0.15) is 4.68 Å². The molecule has 1 aromatic carbocycles. The molecule has 0 spiro atoms. The maximum atomic E-state index is 12.7. The van der Waals surface area contributed by atoms with Crippen molar-refractivity contribution in [2.24, 2.45) is 0 Å². The first-order valence-corrected chi connectivity index (χ1v) is 8.09. The average Bonchev–Trinajstić information content (AvgIpc) is 3.26. The summed E-state index contributed by atoms with van der Waals surface area (Å²) in [6.45, 7) is 1.92. The number of benzene rings is 1. The molecule has 8 heteroatoms. The van der Waals surface area contributed by atoms with Crippen molar-refractivity contribution in [2.75, 3.05) is 5.32 Å². The summed E-state index contributed by atoms with van der Waals surface area (Å²) in [5.41, 5.74) is 2.99. The molecule has 4 rings (SSSR count). The van der Waals surface area contributed by atoms with Gasteiger partial charge in [0.15, 0.2) is 0 Å². The number of aromatic nitrogens is 5. The highest BCUT2D eigenvalue weighted by atomic mass is 32.1. The van der Waals surface area contributed by atoms with E-state index in [1.165, 1.54) is 22.3 Å². The Labute approximate surface area is 141 Å². The third-order valence-electron chi connectivity index (χ3n) is 3.55. The van der Waals surface area contributed by atoms with Crippen molar-refractivity contribution in [3.63, 3.8) is 0 Å². The van der Waals surface area contributed by atoms with E-state index in [4.69, 9.17) is 0 Å². The number of para-hydroxylation sites is 1. The zero-order chi connectivity index (χ0) is 16.5. The molecule has 0 aliphatic carbocycles. The standard InChI is InChI=1S/C16H12N6OS/c1-10-5-6-11-3-2-4-12(14(11)18-10)19-16(23)15-13(7-8-24-15)22-9-17-20-21-22/h2-9H,1H3,(H,19,23). The van der Waals surface area contributed by atoms with Crippen LogP contribution in [-0.2, 0) is 0 Å². The maximum absolute atomic E-state index is 12.7. The lowest BCUT2D eigenvalue weighted by atomic mass is 10.1. The second-order valence-electron chi connectivity index (χ2n) is 5.17. The molecule has 0 fully saturated rings. The highest BCUT2D eigenvalue weighted by Crippen LogP contribution is 2.25. The van der Waals surface area contributed by atoms with E-state index < -0.39 is 0 Å². The van der Waals surface area contributed by atoms with E-state index in [2.05, 4.69) is 25.8 Å². The summed E-state index contributed by atoms with van der Waals surface area (Å²) < 4.78 is 1.47. The molecule has 24 heavy (non-hydrogen) atoms. The molecule has 0 aliphatic rings. The van der Waals surface area contributed by atoms with Gasteiger partial charge in [-0.05, 0) is 40.9 Å². The normalized spacial score (nSPS) is 10.9. The minimum Gasteiger partial charge on any atom is -0.319 e. The zero-order valence-corrected chi connectivity index (χ0v) is 13.5. The van der Waals surface area contributed by atoms with Gasteiger partial charge in [0.05, 0.1) is 16.9 Å². The SMILES string of the molecule is Cc1ccc2cccc(NC(=O)c3sccc3-n3cnnn3)c2n1. The molecule has 1 N–H and O–H groups in total. The molecule has 0 aliphatic heterocycles. The second-order valence-corrected chi connectivity index (χ2v) is 6.09. The van der Waals surface area contributed by atoms with Crippen LogP contribution in [0.4, 0.5) is 5.69 Å². The topological polar surface area (TPSA) is 85.6 Å². The molecular weight excluding hydrogens is 324 g/mol. The van der Waals surface area contributed by atoms with E-state index in [9.17, 15) is 4.79 Å².